The first-order valence-electron chi connectivity index (χ1n) is 4.59. The van der Waals surface area contributed by atoms with E-state index in [2.05, 4.69) is 0 Å². The van der Waals surface area contributed by atoms with Gasteiger partial charge in [0.05, 0.1) is 14.2 Å². The van der Waals surface area contributed by atoms with Gasteiger partial charge in [0.1, 0.15) is 0 Å². The average Bonchev–Trinajstić information content (AvgIpc) is 2.35. The molecule has 6 nitrogen and oxygen atoms in total. The molecule has 0 saturated heterocycles. The van der Waals surface area contributed by atoms with Crippen molar-refractivity contribution in [2.45, 2.75) is 0 Å². The van der Waals surface area contributed by atoms with Gasteiger partial charge in [-0.2, -0.15) is 0 Å². The van der Waals surface area contributed by atoms with Gasteiger partial charge >= 0.3 is 5.97 Å². The minimum absolute atomic E-state index is 0.113. The van der Waals surface area contributed by atoms with E-state index in [1.807, 2.05) is 0 Å². The molecule has 6 heteroatoms. The van der Waals surface area contributed by atoms with Gasteiger partial charge in [0.25, 0.3) is 0 Å². The summed E-state index contributed by atoms with van der Waals surface area (Å²) in [5, 5.41) is 27.1. The maximum Gasteiger partial charge on any atom is 0.374 e. The molecule has 0 bridgehead atoms. The van der Waals surface area contributed by atoms with E-state index in [0.29, 0.717) is 11.5 Å². The van der Waals surface area contributed by atoms with Crippen molar-refractivity contribution in [2.24, 2.45) is 0 Å². The molecule has 17 heavy (non-hydrogen) atoms. The lowest BCUT2D eigenvalue weighted by Crippen LogP contribution is -2.03. The van der Waals surface area contributed by atoms with Gasteiger partial charge in [0, 0.05) is 5.56 Å². The summed E-state index contributed by atoms with van der Waals surface area (Å²) in [6, 6.07) is 4.24. The number of benzene rings is 1. The Labute approximate surface area is 97.3 Å². The molecule has 0 saturated carbocycles. The molecule has 1 aromatic carbocycles. The lowest BCUT2D eigenvalue weighted by molar-refractivity contribution is -0.135. The SMILES string of the molecule is COc1ccc(C(O)=C(O)C(=O)O)cc1OC. The van der Waals surface area contributed by atoms with Crippen LogP contribution in [-0.4, -0.2) is 35.5 Å². The Bertz CT molecular complexity index is 463. The van der Waals surface area contributed by atoms with E-state index >= 15 is 0 Å². The lowest BCUT2D eigenvalue weighted by atomic mass is 10.1. The smallest absolute Gasteiger partial charge is 0.374 e. The number of rotatable bonds is 4. The number of aliphatic hydroxyl groups is 2. The van der Waals surface area contributed by atoms with E-state index < -0.39 is 17.5 Å². The van der Waals surface area contributed by atoms with Crippen LogP contribution >= 0.6 is 0 Å². The zero-order valence-electron chi connectivity index (χ0n) is 9.30. The predicted molar refractivity (Wildman–Crippen MR) is 59.4 cm³/mol. The molecule has 3 N–H and O–H groups in total. The summed E-state index contributed by atoms with van der Waals surface area (Å²) >= 11 is 0. The highest BCUT2D eigenvalue weighted by atomic mass is 16.5. The summed E-state index contributed by atoms with van der Waals surface area (Å²) in [7, 11) is 2.85. The zero-order chi connectivity index (χ0) is 13.0. The summed E-state index contributed by atoms with van der Waals surface area (Å²) in [4.78, 5) is 10.5. The van der Waals surface area contributed by atoms with Crippen LogP contribution in [0.15, 0.2) is 24.0 Å². The van der Waals surface area contributed by atoms with Gasteiger partial charge in [-0.25, -0.2) is 4.79 Å². The van der Waals surface area contributed by atoms with E-state index in [-0.39, 0.29) is 5.56 Å². The van der Waals surface area contributed by atoms with Crippen molar-refractivity contribution in [1.29, 1.82) is 0 Å². The molecule has 0 spiro atoms. The molecule has 0 aliphatic heterocycles. The fourth-order valence-corrected chi connectivity index (χ4v) is 1.22. The van der Waals surface area contributed by atoms with E-state index in [4.69, 9.17) is 19.7 Å². The summed E-state index contributed by atoms with van der Waals surface area (Å²) in [5.74, 6) is -2.73. The summed E-state index contributed by atoms with van der Waals surface area (Å²) < 4.78 is 9.96. The molecule has 0 heterocycles. The number of aliphatic carboxylic acids is 1. The Hall–Kier alpha value is -2.37. The average molecular weight is 240 g/mol. The van der Waals surface area contributed by atoms with Crippen LogP contribution in [0.2, 0.25) is 0 Å². The van der Waals surface area contributed by atoms with Gasteiger partial charge in [0.15, 0.2) is 17.3 Å². The van der Waals surface area contributed by atoms with E-state index in [0.717, 1.165) is 0 Å². The number of hydrogen-bond acceptors (Lipinski definition) is 5. The third-order valence-corrected chi connectivity index (χ3v) is 2.08. The van der Waals surface area contributed by atoms with Crippen LogP contribution in [-0.2, 0) is 4.79 Å². The lowest BCUT2D eigenvalue weighted by Gasteiger charge is -2.09. The van der Waals surface area contributed by atoms with Crippen LogP contribution in [0.5, 0.6) is 11.5 Å². The second-order valence-electron chi connectivity index (χ2n) is 3.07. The first kappa shape index (κ1) is 12.7. The van der Waals surface area contributed by atoms with E-state index in [1.165, 1.54) is 32.4 Å². The van der Waals surface area contributed by atoms with Crippen LogP contribution in [0.4, 0.5) is 0 Å². The Morgan fingerprint density at radius 1 is 1.06 bits per heavy atom. The van der Waals surface area contributed by atoms with Crippen LogP contribution in [0.1, 0.15) is 5.56 Å². The molecular weight excluding hydrogens is 228 g/mol. The van der Waals surface area contributed by atoms with Crippen molar-refractivity contribution in [3.8, 4) is 11.5 Å². The third kappa shape index (κ3) is 2.60. The molecule has 0 atom stereocenters. The maximum absolute atomic E-state index is 10.5. The normalized spacial score (nSPS) is 11.6. The van der Waals surface area contributed by atoms with Gasteiger partial charge in [0.2, 0.25) is 5.76 Å². The molecule has 0 aromatic heterocycles. The second kappa shape index (κ2) is 5.11. The van der Waals surface area contributed by atoms with Crippen molar-refractivity contribution >= 4 is 11.7 Å². The molecular formula is C11H12O6. The zero-order valence-corrected chi connectivity index (χ0v) is 9.30. The molecule has 0 radical (unpaired) electrons. The third-order valence-electron chi connectivity index (χ3n) is 2.08. The molecule has 0 aliphatic carbocycles. The molecule has 0 aliphatic rings. The van der Waals surface area contributed by atoms with Crippen LogP contribution in [0.25, 0.3) is 5.76 Å². The van der Waals surface area contributed by atoms with Crippen molar-refractivity contribution in [2.75, 3.05) is 14.2 Å². The Balaban J connectivity index is 3.25. The first-order chi connectivity index (χ1) is 8.01. The highest BCUT2D eigenvalue weighted by molar-refractivity contribution is 5.91. The summed E-state index contributed by atoms with van der Waals surface area (Å²) in [6.07, 6.45) is 0. The molecule has 0 unspecified atom stereocenters. The first-order valence-corrected chi connectivity index (χ1v) is 4.59. The number of hydrogen-bond donors (Lipinski definition) is 3. The van der Waals surface area contributed by atoms with Crippen molar-refractivity contribution in [3.63, 3.8) is 0 Å². The Morgan fingerprint density at radius 3 is 2.12 bits per heavy atom. The predicted octanol–water partition coefficient (Wildman–Crippen LogP) is 1.57. The molecule has 0 fully saturated rings. The van der Waals surface area contributed by atoms with Gasteiger partial charge in [-0.3, -0.25) is 0 Å². The largest absolute Gasteiger partial charge is 0.504 e. The number of carboxylic acid groups (broad SMARTS) is 1. The van der Waals surface area contributed by atoms with Crippen LogP contribution in [0.3, 0.4) is 0 Å². The number of aliphatic hydroxyl groups excluding tert-OH is 2. The highest BCUT2D eigenvalue weighted by Crippen LogP contribution is 2.30. The second-order valence-corrected chi connectivity index (χ2v) is 3.07. The van der Waals surface area contributed by atoms with E-state index in [9.17, 15) is 9.90 Å². The number of carbonyl (C=O) groups is 1. The van der Waals surface area contributed by atoms with Gasteiger partial charge in [-0.15, -0.1) is 0 Å². The van der Waals surface area contributed by atoms with Gasteiger partial charge in [-0.1, -0.05) is 0 Å². The van der Waals surface area contributed by atoms with Crippen LogP contribution < -0.4 is 9.47 Å². The highest BCUT2D eigenvalue weighted by Gasteiger charge is 2.15. The molecule has 0 amide bonds. The van der Waals surface area contributed by atoms with E-state index in [1.54, 1.807) is 0 Å². The fraction of sp³-hybridized carbons (Fsp3) is 0.182. The number of ether oxygens (including phenoxy) is 2. The molecule has 1 aromatic rings. The monoisotopic (exact) mass is 240 g/mol. The summed E-state index contributed by atoms with van der Waals surface area (Å²) in [6.45, 7) is 0. The molecule has 92 valence electrons. The molecule has 1 rings (SSSR count). The van der Waals surface area contributed by atoms with Crippen LogP contribution in [0, 0.1) is 0 Å². The van der Waals surface area contributed by atoms with Crippen molar-refractivity contribution in [3.05, 3.63) is 29.5 Å². The standard InChI is InChI=1S/C11H12O6/c1-16-7-4-3-6(5-8(7)17-2)9(12)10(13)11(14)15/h3-5,12-13H,1-2H3,(H,14,15). The number of carboxylic acids is 1. The number of methoxy groups -OCH3 is 2. The topological polar surface area (TPSA) is 96.2 Å². The van der Waals surface area contributed by atoms with Gasteiger partial charge in [-0.05, 0) is 18.2 Å². The Kier molecular flexibility index (Phi) is 3.82. The summed E-state index contributed by atoms with van der Waals surface area (Å²) in [5.41, 5.74) is 0.113. The maximum atomic E-state index is 10.5. The quantitative estimate of drug-likeness (QED) is 0.546. The van der Waals surface area contributed by atoms with Gasteiger partial charge < -0.3 is 24.8 Å². The van der Waals surface area contributed by atoms with Crippen molar-refractivity contribution < 1.29 is 29.6 Å². The van der Waals surface area contributed by atoms with Crippen molar-refractivity contribution in [1.82, 2.24) is 0 Å². The Morgan fingerprint density at radius 2 is 1.65 bits per heavy atom. The minimum atomic E-state index is -1.61. The minimum Gasteiger partial charge on any atom is -0.504 e. The fourth-order valence-electron chi connectivity index (χ4n) is 1.22.